The largest absolute Gasteiger partial charge is 0.497 e. The van der Waals surface area contributed by atoms with Crippen molar-refractivity contribution in [3.8, 4) is 17.2 Å². The number of carbonyl (C=O) groups is 4. The molecule has 3 atom stereocenters. The highest BCUT2D eigenvalue weighted by Gasteiger charge is 2.58. The summed E-state index contributed by atoms with van der Waals surface area (Å²) in [6.45, 7) is -0.332. The molecular formula is C26H24N4O8S2. The van der Waals surface area contributed by atoms with Gasteiger partial charge in [0, 0.05) is 16.5 Å². The summed E-state index contributed by atoms with van der Waals surface area (Å²) >= 11 is 1.86. The standard InChI is InChI=1S/C26H24N4O8S2/c1-36-14-7-5-13(6-8-14)28-17(31)11-29-24-21(40-26(29)35)18(12-4-9-15(37-2)16(10-12)38-3)19-20(39-24)23(33)30(22(19)32)25(27)34/h4-10,18-20H,11H2,1-3H3,(H2,27,34)(H,28,31)/t18-,19+,20-/m0/s1. The Morgan fingerprint density at radius 1 is 0.950 bits per heavy atom. The first kappa shape index (κ1) is 27.3. The Kier molecular flexibility index (Phi) is 7.29. The third kappa shape index (κ3) is 4.58. The minimum atomic E-state index is -1.17. The third-order valence-electron chi connectivity index (χ3n) is 6.71. The molecule has 0 aliphatic carbocycles. The summed E-state index contributed by atoms with van der Waals surface area (Å²) in [6.07, 6.45) is 0. The number of ether oxygens (including phenoxy) is 3. The van der Waals surface area contributed by atoms with E-state index in [0.717, 1.165) is 23.1 Å². The number of anilines is 1. The molecule has 2 aliphatic heterocycles. The van der Waals surface area contributed by atoms with Crippen molar-refractivity contribution >= 4 is 52.5 Å². The zero-order valence-corrected chi connectivity index (χ0v) is 23.2. The number of primary amides is 1. The van der Waals surface area contributed by atoms with Crippen molar-refractivity contribution in [1.29, 1.82) is 0 Å². The molecule has 1 fully saturated rings. The summed E-state index contributed by atoms with van der Waals surface area (Å²) in [4.78, 5) is 65.2. The van der Waals surface area contributed by atoms with Gasteiger partial charge in [-0.15, -0.1) is 0 Å². The predicted octanol–water partition coefficient (Wildman–Crippen LogP) is 2.24. The van der Waals surface area contributed by atoms with Crippen molar-refractivity contribution in [3.05, 3.63) is 62.6 Å². The van der Waals surface area contributed by atoms with Crippen LogP contribution in [0, 0.1) is 5.92 Å². The number of carbonyl (C=O) groups excluding carboxylic acids is 4. The Labute approximate surface area is 236 Å². The van der Waals surface area contributed by atoms with Crippen LogP contribution in [0.2, 0.25) is 0 Å². The number of thioether (sulfide) groups is 1. The predicted molar refractivity (Wildman–Crippen MR) is 146 cm³/mol. The van der Waals surface area contributed by atoms with Crippen LogP contribution in [0.5, 0.6) is 17.2 Å². The fourth-order valence-electron chi connectivity index (χ4n) is 4.90. The number of thiazole rings is 1. The Balaban J connectivity index is 1.56. The molecule has 1 saturated heterocycles. The topological polar surface area (TPSA) is 159 Å². The van der Waals surface area contributed by atoms with Crippen molar-refractivity contribution < 1.29 is 33.4 Å². The lowest BCUT2D eigenvalue weighted by Crippen LogP contribution is -2.41. The number of benzene rings is 2. The molecule has 0 spiro atoms. The molecule has 3 heterocycles. The Morgan fingerprint density at radius 2 is 1.65 bits per heavy atom. The summed E-state index contributed by atoms with van der Waals surface area (Å²) in [5.41, 5.74) is 6.45. The van der Waals surface area contributed by atoms with Gasteiger partial charge in [0.05, 0.1) is 32.3 Å². The van der Waals surface area contributed by atoms with E-state index in [1.54, 1.807) is 42.5 Å². The summed E-state index contributed by atoms with van der Waals surface area (Å²) in [7, 11) is 4.47. The van der Waals surface area contributed by atoms with Crippen LogP contribution in [-0.2, 0) is 20.9 Å². The van der Waals surface area contributed by atoms with Crippen LogP contribution in [0.15, 0.2) is 52.3 Å². The van der Waals surface area contributed by atoms with Crippen LogP contribution in [0.1, 0.15) is 16.4 Å². The van der Waals surface area contributed by atoms with Crippen LogP contribution in [-0.4, -0.2) is 59.8 Å². The molecule has 0 unspecified atom stereocenters. The summed E-state index contributed by atoms with van der Waals surface area (Å²) in [5, 5.41) is 2.08. The fraction of sp³-hybridized carbons (Fsp3) is 0.269. The lowest BCUT2D eigenvalue weighted by molar-refractivity contribution is -0.135. The van der Waals surface area contributed by atoms with E-state index in [0.29, 0.717) is 43.3 Å². The first-order valence-corrected chi connectivity index (χ1v) is 13.6. The lowest BCUT2D eigenvalue weighted by Gasteiger charge is -2.31. The van der Waals surface area contributed by atoms with Crippen LogP contribution in [0.4, 0.5) is 10.5 Å². The second-order valence-corrected chi connectivity index (χ2v) is 11.0. The maximum atomic E-state index is 13.4. The van der Waals surface area contributed by atoms with Gasteiger partial charge in [-0.3, -0.25) is 23.7 Å². The average molecular weight is 585 g/mol. The molecule has 3 N–H and O–H groups in total. The number of fused-ring (bicyclic) bond motifs is 2. The van der Waals surface area contributed by atoms with E-state index in [2.05, 4.69) is 5.32 Å². The molecule has 12 nitrogen and oxygen atoms in total. The lowest BCUT2D eigenvalue weighted by atomic mass is 9.83. The maximum Gasteiger partial charge on any atom is 0.328 e. The van der Waals surface area contributed by atoms with E-state index < -0.39 is 45.7 Å². The number of hydrogen-bond donors (Lipinski definition) is 2. The number of hydrogen-bond acceptors (Lipinski definition) is 10. The van der Waals surface area contributed by atoms with Crippen LogP contribution >= 0.6 is 23.1 Å². The number of nitrogens with two attached hydrogens (primary N) is 1. The van der Waals surface area contributed by atoms with Crippen molar-refractivity contribution in [3.63, 3.8) is 0 Å². The molecule has 3 aromatic rings. The van der Waals surface area contributed by atoms with Crippen molar-refractivity contribution in [2.45, 2.75) is 22.7 Å². The van der Waals surface area contributed by atoms with Crippen molar-refractivity contribution in [1.82, 2.24) is 9.47 Å². The Hall–Kier alpha value is -4.30. The maximum absolute atomic E-state index is 13.4. The van der Waals surface area contributed by atoms with Gasteiger partial charge in [0.25, 0.3) is 5.91 Å². The number of urea groups is 1. The number of likely N-dealkylation sites (tertiary alicyclic amines) is 1. The molecule has 208 valence electrons. The molecule has 5 rings (SSSR count). The summed E-state index contributed by atoms with van der Waals surface area (Å²) < 4.78 is 17.2. The average Bonchev–Trinajstić information content (AvgIpc) is 3.39. The Bertz CT molecular complexity index is 1580. The van der Waals surface area contributed by atoms with E-state index in [1.807, 2.05) is 0 Å². The number of rotatable bonds is 7. The first-order valence-electron chi connectivity index (χ1n) is 11.9. The number of amides is 5. The molecule has 14 heteroatoms. The highest BCUT2D eigenvalue weighted by Crippen LogP contribution is 2.54. The fourth-order valence-corrected chi connectivity index (χ4v) is 7.67. The van der Waals surface area contributed by atoms with Crippen molar-refractivity contribution in [2.75, 3.05) is 26.6 Å². The number of aromatic nitrogens is 1. The molecule has 40 heavy (non-hydrogen) atoms. The number of nitrogens with one attached hydrogen (secondary N) is 1. The minimum Gasteiger partial charge on any atom is -0.497 e. The summed E-state index contributed by atoms with van der Waals surface area (Å²) in [5.74, 6) is -2.32. The van der Waals surface area contributed by atoms with Gasteiger partial charge in [-0.2, -0.15) is 4.90 Å². The minimum absolute atomic E-state index is 0.332. The van der Waals surface area contributed by atoms with Gasteiger partial charge in [0.15, 0.2) is 11.5 Å². The van der Waals surface area contributed by atoms with Gasteiger partial charge in [-0.25, -0.2) is 4.79 Å². The van der Waals surface area contributed by atoms with Gasteiger partial charge in [-0.1, -0.05) is 29.2 Å². The van der Waals surface area contributed by atoms with Gasteiger partial charge < -0.3 is 25.3 Å². The normalized spacial score (nSPS) is 19.6. The highest BCUT2D eigenvalue weighted by molar-refractivity contribution is 8.00. The third-order valence-corrected chi connectivity index (χ3v) is 9.32. The van der Waals surface area contributed by atoms with Crippen LogP contribution < -0.4 is 30.1 Å². The molecule has 2 aromatic carbocycles. The number of methoxy groups -OCH3 is 3. The van der Waals surface area contributed by atoms with E-state index in [9.17, 15) is 24.0 Å². The van der Waals surface area contributed by atoms with Gasteiger partial charge in [0.1, 0.15) is 17.5 Å². The number of nitrogens with zero attached hydrogens (tertiary/aromatic N) is 2. The second-order valence-electron chi connectivity index (χ2n) is 8.91. The highest BCUT2D eigenvalue weighted by atomic mass is 32.2. The Morgan fingerprint density at radius 3 is 2.27 bits per heavy atom. The second kappa shape index (κ2) is 10.7. The van der Waals surface area contributed by atoms with E-state index in [1.165, 1.54) is 25.9 Å². The zero-order chi connectivity index (χ0) is 28.7. The molecule has 0 saturated carbocycles. The van der Waals surface area contributed by atoms with Crippen molar-refractivity contribution in [2.24, 2.45) is 11.7 Å². The molecule has 0 radical (unpaired) electrons. The van der Waals surface area contributed by atoms with E-state index >= 15 is 0 Å². The van der Waals surface area contributed by atoms with Crippen LogP contribution in [0.25, 0.3) is 0 Å². The van der Waals surface area contributed by atoms with Gasteiger partial charge in [0.2, 0.25) is 11.8 Å². The van der Waals surface area contributed by atoms with E-state index in [4.69, 9.17) is 19.9 Å². The van der Waals surface area contributed by atoms with E-state index in [-0.39, 0.29) is 6.54 Å². The van der Waals surface area contributed by atoms with Crippen LogP contribution in [0.3, 0.4) is 0 Å². The molecule has 0 bridgehead atoms. The quantitative estimate of drug-likeness (QED) is 0.397. The molecule has 2 aliphatic rings. The summed E-state index contributed by atoms with van der Waals surface area (Å²) in [6, 6.07) is 10.5. The first-order chi connectivity index (χ1) is 19.2. The molecule has 1 aromatic heterocycles. The monoisotopic (exact) mass is 584 g/mol. The number of imide groups is 3. The zero-order valence-electron chi connectivity index (χ0n) is 21.5. The molecular weight excluding hydrogens is 560 g/mol. The SMILES string of the molecule is COc1ccc(NC(=O)Cn2c3c(sc2=O)[C@@H](c2ccc(OC)c(OC)c2)[C@H]2C(=O)N(C(N)=O)C(=O)[C@H]2S3)cc1. The van der Waals surface area contributed by atoms with Gasteiger partial charge in [-0.05, 0) is 42.0 Å². The van der Waals surface area contributed by atoms with Gasteiger partial charge >= 0.3 is 10.9 Å². The molecule has 5 amide bonds. The smallest absolute Gasteiger partial charge is 0.328 e.